The summed E-state index contributed by atoms with van der Waals surface area (Å²) in [4.78, 5) is 0. The van der Waals surface area contributed by atoms with Crippen LogP contribution in [-0.2, 0) is 6.42 Å². The fourth-order valence-corrected chi connectivity index (χ4v) is 1.11. The Labute approximate surface area is 87.4 Å². The molecule has 0 saturated carbocycles. The second-order valence-corrected chi connectivity index (χ2v) is 4.25. The lowest BCUT2D eigenvalue weighted by Crippen LogP contribution is -2.36. The summed E-state index contributed by atoms with van der Waals surface area (Å²) in [5.74, 6) is 0. The Kier molecular flexibility index (Phi) is 6.17. The molecule has 0 aromatic heterocycles. The number of rotatable bonds is 3. The number of benzene rings is 1. The van der Waals surface area contributed by atoms with Gasteiger partial charge in [0.1, 0.15) is 0 Å². The van der Waals surface area contributed by atoms with Gasteiger partial charge in [-0.25, -0.2) is 0 Å². The quantitative estimate of drug-likeness (QED) is 0.658. The van der Waals surface area contributed by atoms with Crippen LogP contribution in [0.5, 0.6) is 0 Å². The Morgan fingerprint density at radius 1 is 1.00 bits per heavy atom. The average Bonchev–Trinajstić information content (AvgIpc) is 2.19. The molecule has 0 bridgehead atoms. The van der Waals surface area contributed by atoms with Gasteiger partial charge >= 0.3 is 0 Å². The van der Waals surface area contributed by atoms with Crippen LogP contribution in [0.3, 0.4) is 0 Å². The lowest BCUT2D eigenvalue weighted by molar-refractivity contribution is -0.870. The van der Waals surface area contributed by atoms with E-state index in [1.54, 1.807) is 0 Å². The first-order valence-electron chi connectivity index (χ1n) is 4.83. The van der Waals surface area contributed by atoms with Crippen molar-refractivity contribution in [1.82, 2.24) is 0 Å². The second-order valence-electron chi connectivity index (χ2n) is 4.25. The predicted molar refractivity (Wildman–Crippen MR) is 59.0 cm³/mol. The van der Waals surface area contributed by atoms with Crippen LogP contribution in [0.1, 0.15) is 5.56 Å². The zero-order chi connectivity index (χ0) is 11.0. The number of quaternary nitrogens is 1. The SMILES string of the molecule is C[N+](C)(C)CCc1ccccc1.C[O-]. The van der Waals surface area contributed by atoms with Gasteiger partial charge in [0.05, 0.1) is 27.7 Å². The van der Waals surface area contributed by atoms with E-state index in [0.717, 1.165) is 11.6 Å². The topological polar surface area (TPSA) is 23.1 Å². The van der Waals surface area contributed by atoms with Crippen LogP contribution in [0, 0.1) is 0 Å². The molecule has 0 atom stereocenters. The van der Waals surface area contributed by atoms with Gasteiger partial charge in [-0.15, -0.1) is 0 Å². The summed E-state index contributed by atoms with van der Waals surface area (Å²) in [5, 5.41) is 8.25. The Hall–Kier alpha value is -0.860. The highest BCUT2D eigenvalue weighted by molar-refractivity contribution is 5.14. The van der Waals surface area contributed by atoms with Crippen molar-refractivity contribution in [2.75, 3.05) is 34.8 Å². The van der Waals surface area contributed by atoms with Crippen LogP contribution in [0.25, 0.3) is 0 Å². The minimum absolute atomic E-state index is 0.750. The first-order valence-corrected chi connectivity index (χ1v) is 4.83. The zero-order valence-electron chi connectivity index (χ0n) is 9.66. The molecular formula is C12H21NO. The summed E-state index contributed by atoms with van der Waals surface area (Å²) in [5.41, 5.74) is 1.44. The van der Waals surface area contributed by atoms with Crippen molar-refractivity contribution in [2.24, 2.45) is 0 Å². The summed E-state index contributed by atoms with van der Waals surface area (Å²) in [6.07, 6.45) is 1.17. The van der Waals surface area contributed by atoms with Crippen LogP contribution < -0.4 is 5.11 Å². The molecule has 2 nitrogen and oxygen atoms in total. The molecule has 0 aliphatic heterocycles. The molecule has 0 spiro atoms. The van der Waals surface area contributed by atoms with Crippen LogP contribution in [0.2, 0.25) is 0 Å². The van der Waals surface area contributed by atoms with Gasteiger partial charge in [0.25, 0.3) is 0 Å². The normalized spacial score (nSPS) is 10.4. The molecule has 2 heteroatoms. The van der Waals surface area contributed by atoms with Crippen molar-refractivity contribution in [1.29, 1.82) is 0 Å². The fourth-order valence-electron chi connectivity index (χ4n) is 1.11. The summed E-state index contributed by atoms with van der Waals surface area (Å²) in [6.45, 7) is 1.20. The monoisotopic (exact) mass is 195 g/mol. The Morgan fingerprint density at radius 3 is 1.93 bits per heavy atom. The van der Waals surface area contributed by atoms with E-state index in [1.807, 2.05) is 0 Å². The van der Waals surface area contributed by atoms with Crippen molar-refractivity contribution in [3.63, 3.8) is 0 Å². The van der Waals surface area contributed by atoms with Gasteiger partial charge in [0, 0.05) is 6.42 Å². The summed E-state index contributed by atoms with van der Waals surface area (Å²) < 4.78 is 1.04. The van der Waals surface area contributed by atoms with E-state index in [9.17, 15) is 0 Å². The Bertz CT molecular complexity index is 226. The molecule has 1 aromatic carbocycles. The minimum atomic E-state index is 0.750. The summed E-state index contributed by atoms with van der Waals surface area (Å²) >= 11 is 0. The number of hydrogen-bond donors (Lipinski definition) is 0. The lowest BCUT2D eigenvalue weighted by atomic mass is 10.1. The van der Waals surface area contributed by atoms with E-state index >= 15 is 0 Å². The number of hydrogen-bond acceptors (Lipinski definition) is 1. The van der Waals surface area contributed by atoms with E-state index in [-0.39, 0.29) is 0 Å². The molecule has 0 aliphatic carbocycles. The van der Waals surface area contributed by atoms with Crippen LogP contribution in [0.4, 0.5) is 0 Å². The van der Waals surface area contributed by atoms with Gasteiger partial charge in [-0.05, 0) is 5.56 Å². The van der Waals surface area contributed by atoms with Crippen LogP contribution >= 0.6 is 0 Å². The highest BCUT2D eigenvalue weighted by Crippen LogP contribution is 2.02. The van der Waals surface area contributed by atoms with Crippen molar-refractivity contribution in [2.45, 2.75) is 6.42 Å². The highest BCUT2D eigenvalue weighted by atomic mass is 16.2. The third kappa shape index (κ3) is 6.63. The predicted octanol–water partition coefficient (Wildman–Crippen LogP) is 0.912. The van der Waals surface area contributed by atoms with Gasteiger partial charge < -0.3 is 9.59 Å². The number of nitrogens with zero attached hydrogens (tertiary/aromatic N) is 1. The zero-order valence-corrected chi connectivity index (χ0v) is 9.66. The fraction of sp³-hybridized carbons (Fsp3) is 0.500. The highest BCUT2D eigenvalue weighted by Gasteiger charge is 2.05. The van der Waals surface area contributed by atoms with Crippen molar-refractivity contribution < 1.29 is 9.59 Å². The number of likely N-dealkylation sites (N-methyl/N-ethyl adjacent to an activating group) is 1. The van der Waals surface area contributed by atoms with E-state index in [1.165, 1.54) is 18.5 Å². The first-order chi connectivity index (χ1) is 6.58. The van der Waals surface area contributed by atoms with E-state index in [2.05, 4.69) is 51.5 Å². The molecule has 0 heterocycles. The smallest absolute Gasteiger partial charge is 0.0821 e. The van der Waals surface area contributed by atoms with E-state index < -0.39 is 0 Å². The third-order valence-corrected chi connectivity index (χ3v) is 1.91. The Balaban J connectivity index is 0.000000791. The molecule has 1 rings (SSSR count). The lowest BCUT2D eigenvalue weighted by Gasteiger charge is -2.23. The molecule has 14 heavy (non-hydrogen) atoms. The van der Waals surface area contributed by atoms with Gasteiger partial charge in [-0.3, -0.25) is 0 Å². The molecule has 0 fully saturated rings. The molecule has 0 saturated heterocycles. The minimum Gasteiger partial charge on any atom is -0.857 e. The molecule has 0 unspecified atom stereocenters. The van der Waals surface area contributed by atoms with Gasteiger partial charge in [-0.1, -0.05) is 30.3 Å². The van der Waals surface area contributed by atoms with Crippen molar-refractivity contribution >= 4 is 0 Å². The van der Waals surface area contributed by atoms with Gasteiger partial charge in [-0.2, -0.15) is 7.11 Å². The standard InChI is InChI=1S/C11H18N.CH3O/c1-12(2,3)10-9-11-7-5-4-6-8-11;1-2/h4-8H,9-10H2,1-3H3;1H3/q+1;-1. The maximum Gasteiger partial charge on any atom is 0.0821 e. The maximum atomic E-state index is 8.25. The van der Waals surface area contributed by atoms with Crippen molar-refractivity contribution in [3.05, 3.63) is 35.9 Å². The third-order valence-electron chi connectivity index (χ3n) is 1.91. The Morgan fingerprint density at radius 2 is 1.50 bits per heavy atom. The molecule has 0 aliphatic rings. The first kappa shape index (κ1) is 13.1. The second kappa shape index (κ2) is 6.57. The van der Waals surface area contributed by atoms with E-state index in [4.69, 9.17) is 5.11 Å². The summed E-state index contributed by atoms with van der Waals surface area (Å²) in [6, 6.07) is 10.6. The van der Waals surface area contributed by atoms with E-state index in [0.29, 0.717) is 0 Å². The van der Waals surface area contributed by atoms with Gasteiger partial charge in [0.2, 0.25) is 0 Å². The molecule has 0 amide bonds. The average molecular weight is 195 g/mol. The van der Waals surface area contributed by atoms with Crippen LogP contribution in [-0.4, -0.2) is 39.3 Å². The molecular weight excluding hydrogens is 174 g/mol. The van der Waals surface area contributed by atoms with Crippen LogP contribution in [0.15, 0.2) is 30.3 Å². The van der Waals surface area contributed by atoms with Crippen molar-refractivity contribution in [3.8, 4) is 0 Å². The summed E-state index contributed by atoms with van der Waals surface area (Å²) in [7, 11) is 7.43. The molecule has 0 N–H and O–H groups in total. The molecule has 0 radical (unpaired) electrons. The van der Waals surface area contributed by atoms with Gasteiger partial charge in [0.15, 0.2) is 0 Å². The maximum absolute atomic E-state index is 8.25. The molecule has 80 valence electrons. The largest absolute Gasteiger partial charge is 0.857 e. The molecule has 1 aromatic rings.